The summed E-state index contributed by atoms with van der Waals surface area (Å²) in [5.74, 6) is 0.770. The molecule has 2 aromatic heterocycles. The number of thioether (sulfide) groups is 1. The van der Waals surface area contributed by atoms with Crippen molar-refractivity contribution in [2.24, 2.45) is 0 Å². The summed E-state index contributed by atoms with van der Waals surface area (Å²) in [6.07, 6.45) is 3.64. The molecule has 0 spiro atoms. The highest BCUT2D eigenvalue weighted by molar-refractivity contribution is 7.98. The van der Waals surface area contributed by atoms with Gasteiger partial charge in [-0.2, -0.15) is 0 Å². The molecule has 3 aromatic carbocycles. The summed E-state index contributed by atoms with van der Waals surface area (Å²) >= 11 is 1.72. The number of amides is 1. The van der Waals surface area contributed by atoms with Crippen molar-refractivity contribution in [3.8, 4) is 0 Å². The Morgan fingerprint density at radius 2 is 1.71 bits per heavy atom. The Morgan fingerprint density at radius 3 is 2.51 bits per heavy atom. The van der Waals surface area contributed by atoms with Crippen LogP contribution < -0.4 is 5.32 Å². The second-order valence-electron chi connectivity index (χ2n) is 8.49. The van der Waals surface area contributed by atoms with Crippen LogP contribution >= 0.6 is 11.8 Å². The first-order valence-corrected chi connectivity index (χ1v) is 12.5. The Hall–Kier alpha value is -3.90. The maximum absolute atomic E-state index is 12.6. The van der Waals surface area contributed by atoms with E-state index in [0.29, 0.717) is 18.7 Å². The van der Waals surface area contributed by atoms with Gasteiger partial charge in [0.25, 0.3) is 5.91 Å². The number of fused-ring (bicyclic) bond motifs is 1. The molecule has 0 saturated heterocycles. The van der Waals surface area contributed by atoms with Gasteiger partial charge in [0.15, 0.2) is 5.16 Å². The van der Waals surface area contributed by atoms with Crippen LogP contribution in [0.15, 0.2) is 102 Å². The normalized spacial score (nSPS) is 11.0. The lowest BCUT2D eigenvalue weighted by molar-refractivity contribution is 0.0951. The summed E-state index contributed by atoms with van der Waals surface area (Å²) in [5, 5.41) is 3.96. The molecule has 35 heavy (non-hydrogen) atoms. The second kappa shape index (κ2) is 10.6. The maximum Gasteiger partial charge on any atom is 0.251 e. The van der Waals surface area contributed by atoms with Gasteiger partial charge in [-0.15, -0.1) is 0 Å². The third-order valence-corrected chi connectivity index (χ3v) is 6.87. The molecule has 0 fully saturated rings. The summed E-state index contributed by atoms with van der Waals surface area (Å²) in [6, 6.07) is 28.3. The highest BCUT2D eigenvalue weighted by atomic mass is 32.2. The van der Waals surface area contributed by atoms with Gasteiger partial charge in [-0.25, -0.2) is 4.98 Å². The summed E-state index contributed by atoms with van der Waals surface area (Å²) in [7, 11) is 0. The first-order valence-electron chi connectivity index (χ1n) is 11.6. The third-order valence-electron chi connectivity index (χ3n) is 5.82. The first kappa shape index (κ1) is 22.9. The van der Waals surface area contributed by atoms with E-state index in [1.165, 1.54) is 11.1 Å². The summed E-state index contributed by atoms with van der Waals surface area (Å²) in [4.78, 5) is 21.8. The molecule has 5 rings (SSSR count). The largest absolute Gasteiger partial charge is 0.348 e. The lowest BCUT2D eigenvalue weighted by Gasteiger charge is -2.10. The zero-order valence-electron chi connectivity index (χ0n) is 19.5. The number of benzene rings is 3. The van der Waals surface area contributed by atoms with Crippen LogP contribution in [0.5, 0.6) is 0 Å². The van der Waals surface area contributed by atoms with Gasteiger partial charge in [-0.3, -0.25) is 9.78 Å². The molecule has 0 aliphatic rings. The number of pyridine rings is 1. The van der Waals surface area contributed by atoms with Crippen molar-refractivity contribution in [3.05, 3.63) is 125 Å². The van der Waals surface area contributed by atoms with Crippen LogP contribution in [0.4, 0.5) is 0 Å². The van der Waals surface area contributed by atoms with E-state index in [-0.39, 0.29) is 5.91 Å². The van der Waals surface area contributed by atoms with Crippen LogP contribution in [0, 0.1) is 6.92 Å². The quantitative estimate of drug-likeness (QED) is 0.278. The average molecular weight is 479 g/mol. The van der Waals surface area contributed by atoms with E-state index < -0.39 is 0 Å². The van der Waals surface area contributed by atoms with Crippen molar-refractivity contribution in [3.63, 3.8) is 0 Å². The number of carbonyl (C=O) groups excluding carboxylic acids is 1. The van der Waals surface area contributed by atoms with E-state index in [1.807, 2.05) is 54.7 Å². The third kappa shape index (κ3) is 5.61. The van der Waals surface area contributed by atoms with E-state index in [0.717, 1.165) is 33.1 Å². The van der Waals surface area contributed by atoms with Gasteiger partial charge in [0.2, 0.25) is 0 Å². The number of nitrogens with zero attached hydrogens (tertiary/aromatic N) is 3. The predicted molar refractivity (Wildman–Crippen MR) is 141 cm³/mol. The van der Waals surface area contributed by atoms with Crippen molar-refractivity contribution >= 4 is 28.7 Å². The summed E-state index contributed by atoms with van der Waals surface area (Å²) in [6.45, 7) is 3.22. The van der Waals surface area contributed by atoms with Crippen LogP contribution in [0.2, 0.25) is 0 Å². The van der Waals surface area contributed by atoms with Crippen LogP contribution in [-0.4, -0.2) is 20.4 Å². The van der Waals surface area contributed by atoms with Gasteiger partial charge in [-0.1, -0.05) is 84.1 Å². The lowest BCUT2D eigenvalue weighted by Crippen LogP contribution is -2.22. The topological polar surface area (TPSA) is 59.8 Å². The number of hydrogen-bond acceptors (Lipinski definition) is 4. The number of rotatable bonds is 8. The van der Waals surface area contributed by atoms with Crippen molar-refractivity contribution in [2.75, 3.05) is 0 Å². The SMILES string of the molecule is Cc1cccc(CNC(=O)c2ccc(Cn3c(SCc4ccccc4)nc4ccncc43)cc2)c1. The van der Waals surface area contributed by atoms with E-state index in [2.05, 4.69) is 58.2 Å². The molecule has 0 aliphatic heterocycles. The fourth-order valence-corrected chi connectivity index (χ4v) is 4.95. The van der Waals surface area contributed by atoms with Gasteiger partial charge >= 0.3 is 0 Å². The number of aromatic nitrogens is 3. The Kier molecular flexibility index (Phi) is 6.91. The Morgan fingerprint density at radius 1 is 0.914 bits per heavy atom. The number of imidazole rings is 1. The van der Waals surface area contributed by atoms with Crippen LogP contribution in [0.1, 0.15) is 32.6 Å². The van der Waals surface area contributed by atoms with Gasteiger partial charge in [0.05, 0.1) is 23.8 Å². The van der Waals surface area contributed by atoms with E-state index >= 15 is 0 Å². The van der Waals surface area contributed by atoms with Gasteiger partial charge in [0, 0.05) is 24.1 Å². The molecule has 1 amide bonds. The molecule has 1 N–H and O–H groups in total. The molecule has 0 unspecified atom stereocenters. The Labute approximate surface area is 209 Å². The van der Waals surface area contributed by atoms with Gasteiger partial charge in [-0.05, 0) is 41.8 Å². The summed E-state index contributed by atoms with van der Waals surface area (Å²) < 4.78 is 2.20. The highest BCUT2D eigenvalue weighted by Crippen LogP contribution is 2.27. The fourth-order valence-electron chi connectivity index (χ4n) is 3.98. The van der Waals surface area contributed by atoms with Gasteiger partial charge < -0.3 is 9.88 Å². The average Bonchev–Trinajstić information content (AvgIpc) is 3.24. The standard InChI is InChI=1S/C29H26N4OS/c1-21-6-5-9-24(16-21)17-31-28(34)25-12-10-22(11-13-25)19-33-27-18-30-15-14-26(27)32-29(33)35-20-23-7-3-2-4-8-23/h2-16,18H,17,19-20H2,1H3,(H,31,34). The van der Waals surface area contributed by atoms with Crippen LogP contribution in [-0.2, 0) is 18.8 Å². The van der Waals surface area contributed by atoms with E-state index in [9.17, 15) is 4.79 Å². The minimum atomic E-state index is -0.0746. The second-order valence-corrected chi connectivity index (χ2v) is 9.43. The monoisotopic (exact) mass is 478 g/mol. The molecule has 0 aliphatic carbocycles. The molecule has 2 heterocycles. The summed E-state index contributed by atoms with van der Waals surface area (Å²) in [5.41, 5.74) is 7.23. The Balaban J connectivity index is 1.30. The zero-order valence-corrected chi connectivity index (χ0v) is 20.3. The number of hydrogen-bond donors (Lipinski definition) is 1. The number of nitrogens with one attached hydrogen (secondary N) is 1. The van der Waals surface area contributed by atoms with Crippen LogP contribution in [0.25, 0.3) is 11.0 Å². The van der Waals surface area contributed by atoms with Crippen molar-refractivity contribution in [2.45, 2.75) is 30.9 Å². The molecule has 6 heteroatoms. The molecule has 174 valence electrons. The minimum Gasteiger partial charge on any atom is -0.348 e. The van der Waals surface area contributed by atoms with Crippen molar-refractivity contribution < 1.29 is 4.79 Å². The number of aryl methyl sites for hydroxylation is 1. The molecular formula is C29H26N4OS. The fraction of sp³-hybridized carbons (Fsp3) is 0.138. The lowest BCUT2D eigenvalue weighted by atomic mass is 10.1. The molecule has 0 atom stereocenters. The molecule has 0 bridgehead atoms. The van der Waals surface area contributed by atoms with E-state index in [4.69, 9.17) is 4.98 Å². The minimum absolute atomic E-state index is 0.0746. The van der Waals surface area contributed by atoms with E-state index in [1.54, 1.807) is 18.0 Å². The Bertz CT molecular complexity index is 1450. The smallest absolute Gasteiger partial charge is 0.251 e. The molecule has 5 aromatic rings. The van der Waals surface area contributed by atoms with Crippen molar-refractivity contribution in [1.82, 2.24) is 19.9 Å². The molecule has 5 nitrogen and oxygen atoms in total. The maximum atomic E-state index is 12.6. The van der Waals surface area contributed by atoms with Crippen molar-refractivity contribution in [1.29, 1.82) is 0 Å². The molecular weight excluding hydrogens is 452 g/mol. The highest BCUT2D eigenvalue weighted by Gasteiger charge is 2.13. The predicted octanol–water partition coefficient (Wildman–Crippen LogP) is 6.01. The molecule has 0 radical (unpaired) electrons. The zero-order chi connectivity index (χ0) is 24.0. The van der Waals surface area contributed by atoms with Gasteiger partial charge in [0.1, 0.15) is 0 Å². The molecule has 0 saturated carbocycles. The van der Waals surface area contributed by atoms with Crippen LogP contribution in [0.3, 0.4) is 0 Å². The number of carbonyl (C=O) groups is 1. The first-order chi connectivity index (χ1) is 17.2.